The molecule has 2 nitrogen and oxygen atoms in total. The summed E-state index contributed by atoms with van der Waals surface area (Å²) in [6.45, 7) is 5.70. The van der Waals surface area contributed by atoms with Crippen molar-refractivity contribution in [3.8, 4) is 0 Å². The molecule has 0 aromatic heterocycles. The van der Waals surface area contributed by atoms with Gasteiger partial charge in [0.15, 0.2) is 5.79 Å². The largest absolute Gasteiger partial charge is 0.349 e. The maximum absolute atomic E-state index is 5.68. The van der Waals surface area contributed by atoms with Crippen LogP contribution in [0.1, 0.15) is 13.8 Å². The van der Waals surface area contributed by atoms with Gasteiger partial charge in [0, 0.05) is 22.0 Å². The normalized spacial score (nSPS) is 31.8. The molecule has 2 atom stereocenters. The fourth-order valence-electron chi connectivity index (χ4n) is 0.957. The summed E-state index contributed by atoms with van der Waals surface area (Å²) >= 11 is 3.92. The molecule has 4 heteroatoms. The van der Waals surface area contributed by atoms with Gasteiger partial charge in [-0.15, -0.1) is 0 Å². The van der Waals surface area contributed by atoms with E-state index in [1.54, 1.807) is 0 Å². The van der Waals surface area contributed by atoms with E-state index in [-0.39, 0.29) is 5.79 Å². The summed E-state index contributed by atoms with van der Waals surface area (Å²) in [5.74, 6) is 2.13. The molecule has 0 aromatic rings. The molecular weight excluding hydrogens is 204 g/mol. The zero-order chi connectivity index (χ0) is 9.31. The molecule has 0 bridgehead atoms. The summed E-state index contributed by atoms with van der Waals surface area (Å²) in [4.78, 5) is 0. The standard InChI is InChI=1S/C9H16O2S2/c1-9(2,10-3-7-5-12-7)11-4-8-6-13-8/h7-8H,3-6H2,1-2H3. The first-order chi connectivity index (χ1) is 6.16. The van der Waals surface area contributed by atoms with Gasteiger partial charge in [0.05, 0.1) is 13.2 Å². The van der Waals surface area contributed by atoms with E-state index in [9.17, 15) is 0 Å². The maximum Gasteiger partial charge on any atom is 0.162 e. The first kappa shape index (κ1) is 10.1. The Bertz CT molecular complexity index is 158. The van der Waals surface area contributed by atoms with Crippen LogP contribution >= 0.6 is 23.5 Å². The molecule has 2 rings (SSSR count). The van der Waals surface area contributed by atoms with Gasteiger partial charge < -0.3 is 9.47 Å². The summed E-state index contributed by atoms with van der Waals surface area (Å²) in [5, 5.41) is 1.47. The summed E-state index contributed by atoms with van der Waals surface area (Å²) < 4.78 is 11.4. The first-order valence-electron chi connectivity index (χ1n) is 4.67. The van der Waals surface area contributed by atoms with Gasteiger partial charge in [0.25, 0.3) is 0 Å². The van der Waals surface area contributed by atoms with E-state index in [0.29, 0.717) is 0 Å². The Hall–Kier alpha value is 0.620. The lowest BCUT2D eigenvalue weighted by Crippen LogP contribution is -2.31. The van der Waals surface area contributed by atoms with Crippen LogP contribution < -0.4 is 0 Å². The molecule has 0 N–H and O–H groups in total. The van der Waals surface area contributed by atoms with Crippen molar-refractivity contribution in [2.75, 3.05) is 24.7 Å². The maximum atomic E-state index is 5.68. The first-order valence-corrected chi connectivity index (χ1v) is 6.76. The highest BCUT2D eigenvalue weighted by Crippen LogP contribution is 2.33. The predicted octanol–water partition coefficient (Wildman–Crippen LogP) is 1.99. The van der Waals surface area contributed by atoms with Crippen LogP contribution in [0.4, 0.5) is 0 Å². The van der Waals surface area contributed by atoms with Gasteiger partial charge in [0.1, 0.15) is 0 Å². The summed E-state index contributed by atoms with van der Waals surface area (Å²) in [6.07, 6.45) is 0. The van der Waals surface area contributed by atoms with E-state index in [2.05, 4.69) is 0 Å². The molecule has 2 saturated heterocycles. The summed E-state index contributed by atoms with van der Waals surface area (Å²) in [7, 11) is 0. The van der Waals surface area contributed by atoms with E-state index >= 15 is 0 Å². The van der Waals surface area contributed by atoms with Gasteiger partial charge >= 0.3 is 0 Å². The minimum atomic E-state index is -0.383. The SMILES string of the molecule is CC(C)(OCC1CS1)OCC1CS1. The number of rotatable bonds is 6. The van der Waals surface area contributed by atoms with Crippen molar-refractivity contribution in [2.45, 2.75) is 30.1 Å². The zero-order valence-corrected chi connectivity index (χ0v) is 9.75. The zero-order valence-electron chi connectivity index (χ0n) is 8.12. The van der Waals surface area contributed by atoms with Crippen LogP contribution in [0.15, 0.2) is 0 Å². The Morgan fingerprint density at radius 2 is 1.46 bits per heavy atom. The van der Waals surface area contributed by atoms with Crippen LogP contribution in [0.2, 0.25) is 0 Å². The smallest absolute Gasteiger partial charge is 0.162 e. The van der Waals surface area contributed by atoms with Crippen LogP contribution in [0.3, 0.4) is 0 Å². The fourth-order valence-corrected chi connectivity index (χ4v) is 1.75. The third-order valence-corrected chi connectivity index (χ3v) is 3.92. The lowest BCUT2D eigenvalue weighted by Gasteiger charge is -2.25. The third-order valence-electron chi connectivity index (χ3n) is 2.04. The predicted molar refractivity (Wildman–Crippen MR) is 58.5 cm³/mol. The van der Waals surface area contributed by atoms with E-state index in [1.807, 2.05) is 37.4 Å². The Labute approximate surface area is 88.1 Å². The van der Waals surface area contributed by atoms with Crippen LogP contribution in [0, 0.1) is 0 Å². The van der Waals surface area contributed by atoms with Crippen LogP contribution in [0.5, 0.6) is 0 Å². The van der Waals surface area contributed by atoms with Crippen molar-refractivity contribution in [3.63, 3.8) is 0 Å². The number of ether oxygens (including phenoxy) is 2. The molecule has 0 radical (unpaired) electrons. The molecular formula is C9H16O2S2. The Kier molecular flexibility index (Phi) is 3.13. The van der Waals surface area contributed by atoms with Crippen molar-refractivity contribution in [1.82, 2.24) is 0 Å². The Morgan fingerprint density at radius 3 is 1.77 bits per heavy atom. The molecule has 0 aromatic carbocycles. The second kappa shape index (κ2) is 4.01. The highest BCUT2D eigenvalue weighted by Gasteiger charge is 2.30. The highest BCUT2D eigenvalue weighted by molar-refractivity contribution is 8.07. The lowest BCUT2D eigenvalue weighted by molar-refractivity contribution is -0.210. The quantitative estimate of drug-likeness (QED) is 0.503. The molecule has 0 spiro atoms. The lowest BCUT2D eigenvalue weighted by atomic mass is 10.3. The third kappa shape index (κ3) is 4.11. The summed E-state index contributed by atoms with van der Waals surface area (Å²) in [5.41, 5.74) is 0. The highest BCUT2D eigenvalue weighted by atomic mass is 32.2. The van der Waals surface area contributed by atoms with Gasteiger partial charge in [0.2, 0.25) is 0 Å². The van der Waals surface area contributed by atoms with E-state index < -0.39 is 0 Å². The van der Waals surface area contributed by atoms with Gasteiger partial charge in [-0.3, -0.25) is 0 Å². The molecule has 0 saturated carbocycles. The monoisotopic (exact) mass is 220 g/mol. The van der Waals surface area contributed by atoms with E-state index in [0.717, 1.165) is 23.7 Å². The van der Waals surface area contributed by atoms with Gasteiger partial charge in [-0.2, -0.15) is 23.5 Å². The van der Waals surface area contributed by atoms with Crippen molar-refractivity contribution in [1.29, 1.82) is 0 Å². The molecule has 2 aliphatic heterocycles. The minimum absolute atomic E-state index is 0.383. The van der Waals surface area contributed by atoms with Crippen molar-refractivity contribution < 1.29 is 9.47 Å². The van der Waals surface area contributed by atoms with E-state index in [4.69, 9.17) is 9.47 Å². The van der Waals surface area contributed by atoms with Gasteiger partial charge in [-0.25, -0.2) is 0 Å². The van der Waals surface area contributed by atoms with Gasteiger partial charge in [-0.1, -0.05) is 0 Å². The minimum Gasteiger partial charge on any atom is -0.349 e. The Balaban J connectivity index is 1.60. The van der Waals surface area contributed by atoms with Crippen LogP contribution in [-0.4, -0.2) is 41.0 Å². The summed E-state index contributed by atoms with van der Waals surface area (Å²) in [6, 6.07) is 0. The average molecular weight is 220 g/mol. The van der Waals surface area contributed by atoms with Crippen LogP contribution in [-0.2, 0) is 9.47 Å². The molecule has 2 unspecified atom stereocenters. The molecule has 13 heavy (non-hydrogen) atoms. The number of thioether (sulfide) groups is 2. The van der Waals surface area contributed by atoms with Crippen LogP contribution in [0.25, 0.3) is 0 Å². The average Bonchev–Trinajstić information content (AvgIpc) is 2.92. The molecule has 0 aliphatic carbocycles. The number of hydrogen-bond donors (Lipinski definition) is 0. The number of hydrogen-bond acceptors (Lipinski definition) is 4. The molecule has 2 fully saturated rings. The van der Waals surface area contributed by atoms with Crippen molar-refractivity contribution in [3.05, 3.63) is 0 Å². The van der Waals surface area contributed by atoms with E-state index in [1.165, 1.54) is 11.5 Å². The molecule has 76 valence electrons. The topological polar surface area (TPSA) is 18.5 Å². The second-order valence-electron chi connectivity index (χ2n) is 3.93. The second-order valence-corrected chi connectivity index (χ2v) is 6.60. The molecule has 2 aliphatic rings. The fraction of sp³-hybridized carbons (Fsp3) is 1.00. The molecule has 2 heterocycles. The Morgan fingerprint density at radius 1 is 1.08 bits per heavy atom. The van der Waals surface area contributed by atoms with Gasteiger partial charge in [-0.05, 0) is 13.8 Å². The van der Waals surface area contributed by atoms with Crippen molar-refractivity contribution >= 4 is 23.5 Å². The molecule has 0 amide bonds. The van der Waals surface area contributed by atoms with Crippen molar-refractivity contribution in [2.24, 2.45) is 0 Å².